The van der Waals surface area contributed by atoms with E-state index in [9.17, 15) is 24.5 Å². The number of carbonyl (C=O) groups excluding carboxylic acids is 3. The first-order chi connectivity index (χ1) is 13.5. The summed E-state index contributed by atoms with van der Waals surface area (Å²) >= 11 is 0. The molecule has 0 saturated heterocycles. The Morgan fingerprint density at radius 3 is 2.41 bits per heavy atom. The summed E-state index contributed by atoms with van der Waals surface area (Å²) in [6.45, 7) is 7.35. The van der Waals surface area contributed by atoms with Crippen molar-refractivity contribution >= 4 is 23.5 Å². The van der Waals surface area contributed by atoms with Gasteiger partial charge in [0.2, 0.25) is 0 Å². The van der Waals surface area contributed by atoms with Crippen LogP contribution in [0, 0.1) is 17.0 Å². The highest BCUT2D eigenvalue weighted by molar-refractivity contribution is 6.24. The van der Waals surface area contributed by atoms with E-state index in [1.54, 1.807) is 13.0 Å². The fourth-order valence-corrected chi connectivity index (χ4v) is 3.13. The van der Waals surface area contributed by atoms with Crippen LogP contribution < -0.4 is 4.74 Å². The number of hydrogen-bond donors (Lipinski definition) is 0. The molecule has 1 heterocycles. The maximum Gasteiger partial charge on any atom is 0.331 e. The van der Waals surface area contributed by atoms with Gasteiger partial charge in [-0.2, -0.15) is 0 Å². The van der Waals surface area contributed by atoms with E-state index in [-0.39, 0.29) is 16.5 Å². The number of amides is 2. The van der Waals surface area contributed by atoms with Crippen molar-refractivity contribution in [1.29, 1.82) is 0 Å². The molecule has 8 heteroatoms. The van der Waals surface area contributed by atoms with Crippen molar-refractivity contribution in [2.75, 3.05) is 6.54 Å². The summed E-state index contributed by atoms with van der Waals surface area (Å²) in [5.74, 6) is -2.13. The third-order valence-corrected chi connectivity index (χ3v) is 4.73. The lowest BCUT2D eigenvalue weighted by Gasteiger charge is -2.20. The minimum absolute atomic E-state index is 0.0673. The van der Waals surface area contributed by atoms with Gasteiger partial charge in [-0.3, -0.25) is 24.6 Å². The van der Waals surface area contributed by atoms with Crippen LogP contribution in [0.1, 0.15) is 52.6 Å². The van der Waals surface area contributed by atoms with Crippen LogP contribution >= 0.6 is 0 Å². The molecule has 1 aliphatic rings. The molecule has 0 aromatic heterocycles. The molecular weight excluding hydrogens is 376 g/mol. The fourth-order valence-electron chi connectivity index (χ4n) is 3.13. The third-order valence-electron chi connectivity index (χ3n) is 4.73. The first kappa shape index (κ1) is 20.2. The largest absolute Gasteiger partial charge is 0.425 e. The molecule has 150 valence electrons. The summed E-state index contributed by atoms with van der Waals surface area (Å²) in [5.41, 5.74) is 0.877. The lowest BCUT2D eigenvalue weighted by molar-refractivity contribution is -0.385. The van der Waals surface area contributed by atoms with E-state index in [1.165, 1.54) is 12.1 Å². The smallest absolute Gasteiger partial charge is 0.331 e. The van der Waals surface area contributed by atoms with Gasteiger partial charge in [-0.15, -0.1) is 0 Å². The monoisotopic (exact) mass is 396 g/mol. The van der Waals surface area contributed by atoms with Gasteiger partial charge in [0.1, 0.15) is 17.9 Å². The number of aryl methyl sites for hydroxylation is 1. The zero-order chi connectivity index (χ0) is 21.5. The molecule has 1 aliphatic heterocycles. The number of esters is 1. The van der Waals surface area contributed by atoms with Crippen LogP contribution in [0.2, 0.25) is 0 Å². The molecule has 0 unspecified atom stereocenters. The van der Waals surface area contributed by atoms with Crippen LogP contribution in [0.25, 0.3) is 0 Å². The van der Waals surface area contributed by atoms with Crippen molar-refractivity contribution in [1.82, 2.24) is 4.90 Å². The van der Waals surface area contributed by atoms with Crippen LogP contribution in [0.3, 0.4) is 0 Å². The average molecular weight is 396 g/mol. The number of nitrogens with zero attached hydrogens (tertiary/aromatic N) is 2. The molecule has 0 saturated carbocycles. The molecule has 0 radical (unpaired) electrons. The zero-order valence-electron chi connectivity index (χ0n) is 16.5. The van der Waals surface area contributed by atoms with E-state index < -0.39 is 34.9 Å². The second-order valence-electron chi connectivity index (χ2n) is 7.86. The average Bonchev–Trinajstić information content (AvgIpc) is 2.87. The second kappa shape index (κ2) is 7.12. The summed E-state index contributed by atoms with van der Waals surface area (Å²) in [6.07, 6.45) is 0. The normalized spacial score (nSPS) is 13.4. The number of fused-ring (bicyclic) bond motifs is 1. The maximum atomic E-state index is 12.5. The van der Waals surface area contributed by atoms with Gasteiger partial charge in [-0.05, 0) is 35.6 Å². The van der Waals surface area contributed by atoms with Crippen LogP contribution in [0.15, 0.2) is 36.4 Å². The molecule has 0 aliphatic carbocycles. The standard InChI is InChI=1S/C21H20N2O6/c1-12-10-13(21(2,3)4)8-9-16(12)29-17(24)11-22-19(25)14-6-5-7-15(23(27)28)18(14)20(22)26/h5-10H,11H2,1-4H3. The number of ether oxygens (including phenoxy) is 1. The minimum atomic E-state index is -0.881. The van der Waals surface area contributed by atoms with Crippen molar-refractivity contribution in [3.8, 4) is 5.75 Å². The topological polar surface area (TPSA) is 107 Å². The van der Waals surface area contributed by atoms with Crippen LogP contribution in [-0.2, 0) is 10.2 Å². The highest BCUT2D eigenvalue weighted by Gasteiger charge is 2.42. The fraction of sp³-hybridized carbons (Fsp3) is 0.286. The Balaban J connectivity index is 1.79. The molecule has 2 amide bonds. The van der Waals surface area contributed by atoms with Gasteiger partial charge in [0.25, 0.3) is 17.5 Å². The first-order valence-corrected chi connectivity index (χ1v) is 8.96. The van der Waals surface area contributed by atoms with E-state index in [2.05, 4.69) is 20.8 Å². The van der Waals surface area contributed by atoms with Crippen molar-refractivity contribution < 1.29 is 24.0 Å². The van der Waals surface area contributed by atoms with Crippen molar-refractivity contribution in [2.24, 2.45) is 0 Å². The summed E-state index contributed by atoms with van der Waals surface area (Å²) < 4.78 is 5.33. The van der Waals surface area contributed by atoms with Gasteiger partial charge in [-0.25, -0.2) is 4.79 Å². The summed E-state index contributed by atoms with van der Waals surface area (Å²) in [4.78, 5) is 48.4. The summed E-state index contributed by atoms with van der Waals surface area (Å²) in [6, 6.07) is 9.22. The number of benzene rings is 2. The van der Waals surface area contributed by atoms with Crippen molar-refractivity contribution in [3.63, 3.8) is 0 Å². The molecule has 8 nitrogen and oxygen atoms in total. The van der Waals surface area contributed by atoms with Crippen LogP contribution in [-0.4, -0.2) is 34.2 Å². The van der Waals surface area contributed by atoms with E-state index >= 15 is 0 Å². The molecule has 2 aromatic carbocycles. The molecular formula is C21H20N2O6. The SMILES string of the molecule is Cc1cc(C(C)(C)C)ccc1OC(=O)CN1C(=O)c2cccc([N+](=O)[O-])c2C1=O. The molecule has 0 N–H and O–H groups in total. The lowest BCUT2D eigenvalue weighted by Crippen LogP contribution is -2.36. The number of hydrogen-bond acceptors (Lipinski definition) is 6. The van der Waals surface area contributed by atoms with E-state index in [1.807, 2.05) is 12.1 Å². The van der Waals surface area contributed by atoms with Crippen molar-refractivity contribution in [3.05, 3.63) is 68.8 Å². The predicted octanol–water partition coefficient (Wildman–Crippen LogP) is 3.40. The molecule has 29 heavy (non-hydrogen) atoms. The Morgan fingerprint density at radius 1 is 1.14 bits per heavy atom. The van der Waals surface area contributed by atoms with Gasteiger partial charge in [0.15, 0.2) is 0 Å². The van der Waals surface area contributed by atoms with Gasteiger partial charge < -0.3 is 4.74 Å². The van der Waals surface area contributed by atoms with E-state index in [0.717, 1.165) is 17.2 Å². The number of carbonyl (C=O) groups is 3. The van der Waals surface area contributed by atoms with E-state index in [0.29, 0.717) is 10.6 Å². The molecule has 0 fully saturated rings. The first-order valence-electron chi connectivity index (χ1n) is 8.96. The van der Waals surface area contributed by atoms with Gasteiger partial charge in [0, 0.05) is 6.07 Å². The third kappa shape index (κ3) is 3.73. The minimum Gasteiger partial charge on any atom is -0.425 e. The van der Waals surface area contributed by atoms with E-state index in [4.69, 9.17) is 4.74 Å². The molecule has 3 rings (SSSR count). The Labute approximate surface area is 167 Å². The highest BCUT2D eigenvalue weighted by Crippen LogP contribution is 2.31. The predicted molar refractivity (Wildman–Crippen MR) is 104 cm³/mol. The zero-order valence-corrected chi connectivity index (χ0v) is 16.5. The Morgan fingerprint density at radius 2 is 1.83 bits per heavy atom. The van der Waals surface area contributed by atoms with Gasteiger partial charge in [0.05, 0.1) is 10.5 Å². The molecule has 2 aromatic rings. The van der Waals surface area contributed by atoms with Crippen LogP contribution in [0.5, 0.6) is 5.75 Å². The number of nitro benzene ring substituents is 1. The molecule has 0 atom stereocenters. The van der Waals surface area contributed by atoms with Crippen molar-refractivity contribution in [2.45, 2.75) is 33.1 Å². The quantitative estimate of drug-likeness (QED) is 0.258. The number of rotatable bonds is 4. The molecule has 0 bridgehead atoms. The Bertz CT molecular complexity index is 1050. The number of nitro groups is 1. The lowest BCUT2D eigenvalue weighted by atomic mass is 9.86. The van der Waals surface area contributed by atoms with Gasteiger partial charge >= 0.3 is 5.97 Å². The summed E-state index contributed by atoms with van der Waals surface area (Å²) in [7, 11) is 0. The number of imide groups is 1. The summed E-state index contributed by atoms with van der Waals surface area (Å²) in [5, 5.41) is 11.2. The Kier molecular flexibility index (Phi) is 4.96. The van der Waals surface area contributed by atoms with Gasteiger partial charge in [-0.1, -0.05) is 39.0 Å². The van der Waals surface area contributed by atoms with Crippen LogP contribution in [0.4, 0.5) is 5.69 Å². The Hall–Kier alpha value is -3.55. The maximum absolute atomic E-state index is 12.5. The second-order valence-corrected chi connectivity index (χ2v) is 7.86. The highest BCUT2D eigenvalue weighted by atomic mass is 16.6. The molecule has 0 spiro atoms.